The van der Waals surface area contributed by atoms with Gasteiger partial charge in [-0.3, -0.25) is 4.79 Å². The zero-order chi connectivity index (χ0) is 10.3. The number of ketones is 1. The van der Waals surface area contributed by atoms with E-state index < -0.39 is 0 Å². The largest absolute Gasteiger partial charge is 0.330 e. The molecule has 2 N–H and O–H groups in total. The van der Waals surface area contributed by atoms with Crippen LogP contribution in [0.25, 0.3) is 0 Å². The molecule has 0 aromatic heterocycles. The first-order valence-corrected chi connectivity index (χ1v) is 5.34. The van der Waals surface area contributed by atoms with E-state index in [9.17, 15) is 4.79 Å². The Morgan fingerprint density at radius 1 is 1.38 bits per heavy atom. The zero-order valence-corrected chi connectivity index (χ0v) is 9.18. The molecular formula is C11H23NO. The first-order valence-electron chi connectivity index (χ1n) is 5.34. The minimum atomic E-state index is 0.103. The van der Waals surface area contributed by atoms with Crippen LogP contribution in [0.15, 0.2) is 0 Å². The minimum Gasteiger partial charge on any atom is -0.330 e. The Bertz CT molecular complexity index is 143. The van der Waals surface area contributed by atoms with Crippen molar-refractivity contribution in [3.05, 3.63) is 0 Å². The second kappa shape index (κ2) is 7.07. The number of hydrogen-bond acceptors (Lipinski definition) is 2. The third kappa shape index (κ3) is 5.81. The molecule has 0 rings (SSSR count). The van der Waals surface area contributed by atoms with Gasteiger partial charge in [0.05, 0.1) is 0 Å². The fourth-order valence-electron chi connectivity index (χ4n) is 1.48. The van der Waals surface area contributed by atoms with Crippen molar-refractivity contribution in [2.45, 2.75) is 46.5 Å². The monoisotopic (exact) mass is 185 g/mol. The van der Waals surface area contributed by atoms with Crippen LogP contribution in [0.3, 0.4) is 0 Å². The highest BCUT2D eigenvalue weighted by Crippen LogP contribution is 2.14. The number of Topliss-reactive ketones (excluding diaryl/α,β-unsaturated/α-hetero) is 1. The molecule has 2 heteroatoms. The average molecular weight is 185 g/mol. The summed E-state index contributed by atoms with van der Waals surface area (Å²) in [5, 5.41) is 0. The van der Waals surface area contributed by atoms with Crippen LogP contribution < -0.4 is 5.73 Å². The number of nitrogens with two attached hydrogens (primary N) is 1. The number of rotatable bonds is 7. The minimum absolute atomic E-state index is 0.103. The molecule has 0 saturated heterocycles. The molecule has 1 unspecified atom stereocenters. The first kappa shape index (κ1) is 12.6. The molecule has 0 aromatic rings. The van der Waals surface area contributed by atoms with Crippen LogP contribution in [0.5, 0.6) is 0 Å². The normalized spacial score (nSPS) is 13.3. The molecule has 0 amide bonds. The van der Waals surface area contributed by atoms with Gasteiger partial charge in [0.1, 0.15) is 5.78 Å². The Labute approximate surface area is 81.9 Å². The maximum absolute atomic E-state index is 11.6. The smallest absolute Gasteiger partial charge is 0.137 e. The fraction of sp³-hybridized carbons (Fsp3) is 0.909. The Hall–Kier alpha value is -0.370. The number of hydrogen-bond donors (Lipinski definition) is 1. The molecule has 0 aliphatic heterocycles. The summed E-state index contributed by atoms with van der Waals surface area (Å²) in [7, 11) is 0. The van der Waals surface area contributed by atoms with Crippen molar-refractivity contribution in [3.63, 3.8) is 0 Å². The van der Waals surface area contributed by atoms with Crippen LogP contribution in [-0.4, -0.2) is 12.3 Å². The number of unbranched alkanes of at least 4 members (excludes halogenated alkanes) is 1. The van der Waals surface area contributed by atoms with E-state index in [1.54, 1.807) is 0 Å². The van der Waals surface area contributed by atoms with E-state index in [-0.39, 0.29) is 5.92 Å². The predicted octanol–water partition coefficient (Wildman–Crippen LogP) is 2.37. The number of carbonyl (C=O) groups is 1. The van der Waals surface area contributed by atoms with Gasteiger partial charge in [-0.25, -0.2) is 0 Å². The fourth-order valence-corrected chi connectivity index (χ4v) is 1.48. The van der Waals surface area contributed by atoms with Crippen LogP contribution in [0, 0.1) is 11.8 Å². The SMILES string of the molecule is CCCCC(=O)C(CN)CC(C)C. The molecule has 0 spiro atoms. The molecule has 0 fully saturated rings. The molecule has 2 nitrogen and oxygen atoms in total. The molecule has 78 valence electrons. The maximum Gasteiger partial charge on any atom is 0.137 e. The van der Waals surface area contributed by atoms with E-state index in [2.05, 4.69) is 20.8 Å². The summed E-state index contributed by atoms with van der Waals surface area (Å²) in [6.45, 7) is 6.89. The summed E-state index contributed by atoms with van der Waals surface area (Å²) in [4.78, 5) is 11.6. The first-order chi connectivity index (χ1) is 6.11. The van der Waals surface area contributed by atoms with E-state index in [0.29, 0.717) is 24.7 Å². The highest BCUT2D eigenvalue weighted by Gasteiger charge is 2.16. The van der Waals surface area contributed by atoms with Gasteiger partial charge in [0.2, 0.25) is 0 Å². The summed E-state index contributed by atoms with van der Waals surface area (Å²) in [6, 6.07) is 0. The molecule has 0 aliphatic rings. The van der Waals surface area contributed by atoms with Crippen molar-refractivity contribution in [1.29, 1.82) is 0 Å². The van der Waals surface area contributed by atoms with Gasteiger partial charge < -0.3 is 5.73 Å². The standard InChI is InChI=1S/C11H23NO/c1-4-5-6-11(13)10(8-12)7-9(2)3/h9-10H,4-8,12H2,1-3H3. The molecule has 0 bridgehead atoms. The summed E-state index contributed by atoms with van der Waals surface area (Å²) in [5.74, 6) is 1.03. The lowest BCUT2D eigenvalue weighted by Crippen LogP contribution is -2.25. The van der Waals surface area contributed by atoms with Gasteiger partial charge in [-0.2, -0.15) is 0 Å². The van der Waals surface area contributed by atoms with Gasteiger partial charge in [0, 0.05) is 18.9 Å². The molecule has 0 aromatic carbocycles. The van der Waals surface area contributed by atoms with Gasteiger partial charge in [0.25, 0.3) is 0 Å². The van der Waals surface area contributed by atoms with Gasteiger partial charge >= 0.3 is 0 Å². The second-order valence-corrected chi connectivity index (χ2v) is 4.13. The Morgan fingerprint density at radius 2 is 2.00 bits per heavy atom. The van der Waals surface area contributed by atoms with Crippen molar-refractivity contribution in [2.24, 2.45) is 17.6 Å². The molecule has 0 heterocycles. The van der Waals surface area contributed by atoms with E-state index in [1.807, 2.05) is 0 Å². The lowest BCUT2D eigenvalue weighted by atomic mass is 9.91. The van der Waals surface area contributed by atoms with E-state index in [4.69, 9.17) is 5.73 Å². The van der Waals surface area contributed by atoms with Gasteiger partial charge in [-0.15, -0.1) is 0 Å². The van der Waals surface area contributed by atoms with Crippen LogP contribution >= 0.6 is 0 Å². The lowest BCUT2D eigenvalue weighted by Gasteiger charge is -2.15. The highest BCUT2D eigenvalue weighted by atomic mass is 16.1. The second-order valence-electron chi connectivity index (χ2n) is 4.13. The summed E-state index contributed by atoms with van der Waals surface area (Å²) in [6.07, 6.45) is 3.75. The van der Waals surface area contributed by atoms with Gasteiger partial charge in [-0.05, 0) is 18.8 Å². The predicted molar refractivity (Wildman–Crippen MR) is 56.5 cm³/mol. The Morgan fingerprint density at radius 3 is 2.38 bits per heavy atom. The quantitative estimate of drug-likeness (QED) is 0.661. The Balaban J connectivity index is 3.85. The van der Waals surface area contributed by atoms with Gasteiger partial charge in [-0.1, -0.05) is 27.2 Å². The topological polar surface area (TPSA) is 43.1 Å². The van der Waals surface area contributed by atoms with Crippen molar-refractivity contribution in [1.82, 2.24) is 0 Å². The number of carbonyl (C=O) groups excluding carboxylic acids is 1. The molecule has 0 aliphatic carbocycles. The zero-order valence-electron chi connectivity index (χ0n) is 9.18. The summed E-state index contributed by atoms with van der Waals surface area (Å²) < 4.78 is 0. The summed E-state index contributed by atoms with van der Waals surface area (Å²) in [5.41, 5.74) is 5.57. The molecule has 1 atom stereocenters. The maximum atomic E-state index is 11.6. The van der Waals surface area contributed by atoms with E-state index in [1.165, 1.54) is 0 Å². The summed E-state index contributed by atoms with van der Waals surface area (Å²) >= 11 is 0. The molecule has 13 heavy (non-hydrogen) atoms. The van der Waals surface area contributed by atoms with E-state index >= 15 is 0 Å². The van der Waals surface area contributed by atoms with Crippen molar-refractivity contribution in [2.75, 3.05) is 6.54 Å². The average Bonchev–Trinajstić information content (AvgIpc) is 2.09. The third-order valence-corrected chi connectivity index (χ3v) is 2.27. The molecule has 0 saturated carbocycles. The van der Waals surface area contributed by atoms with Crippen molar-refractivity contribution in [3.8, 4) is 0 Å². The van der Waals surface area contributed by atoms with Gasteiger partial charge in [0.15, 0.2) is 0 Å². The van der Waals surface area contributed by atoms with Crippen LogP contribution in [-0.2, 0) is 4.79 Å². The third-order valence-electron chi connectivity index (χ3n) is 2.27. The lowest BCUT2D eigenvalue weighted by molar-refractivity contribution is -0.123. The highest BCUT2D eigenvalue weighted by molar-refractivity contribution is 5.81. The van der Waals surface area contributed by atoms with Crippen molar-refractivity contribution >= 4 is 5.78 Å². The molecule has 0 radical (unpaired) electrons. The van der Waals surface area contributed by atoms with Crippen LogP contribution in [0.4, 0.5) is 0 Å². The van der Waals surface area contributed by atoms with Crippen LogP contribution in [0.1, 0.15) is 46.5 Å². The van der Waals surface area contributed by atoms with Crippen molar-refractivity contribution < 1.29 is 4.79 Å². The Kier molecular flexibility index (Phi) is 6.87. The van der Waals surface area contributed by atoms with E-state index in [0.717, 1.165) is 19.3 Å². The molecular weight excluding hydrogens is 162 g/mol. The van der Waals surface area contributed by atoms with Crippen LogP contribution in [0.2, 0.25) is 0 Å².